The zero-order valence-electron chi connectivity index (χ0n) is 13.8. The fraction of sp³-hybridized carbons (Fsp3) is 0.400. The molecule has 3 rings (SSSR count). The van der Waals surface area contributed by atoms with Gasteiger partial charge < -0.3 is 0 Å². The summed E-state index contributed by atoms with van der Waals surface area (Å²) in [6.07, 6.45) is 6.25. The van der Waals surface area contributed by atoms with Crippen LogP contribution >= 0.6 is 0 Å². The second kappa shape index (κ2) is 5.19. The Morgan fingerprint density at radius 1 is 1.00 bits per heavy atom. The van der Waals surface area contributed by atoms with Gasteiger partial charge in [0.15, 0.2) is 0 Å². The Bertz CT molecular complexity index is 703. The Balaban J connectivity index is 2.29. The number of hydrogen-bond acceptors (Lipinski definition) is 0. The fourth-order valence-corrected chi connectivity index (χ4v) is 11.3. The van der Waals surface area contributed by atoms with Crippen molar-refractivity contribution < 1.29 is 21.4 Å². The Morgan fingerprint density at radius 2 is 1.71 bits per heavy atom. The van der Waals surface area contributed by atoms with Crippen LogP contribution in [0.4, 0.5) is 0 Å². The molecular formula is C20H25Hf. The van der Waals surface area contributed by atoms with Crippen molar-refractivity contribution in [2.75, 3.05) is 0 Å². The number of allylic oxidation sites excluding steroid dienone is 1. The van der Waals surface area contributed by atoms with Crippen LogP contribution < -0.4 is 0 Å². The number of benzene rings is 2. The summed E-state index contributed by atoms with van der Waals surface area (Å²) in [7, 11) is 0. The van der Waals surface area contributed by atoms with Gasteiger partial charge in [0.25, 0.3) is 0 Å². The van der Waals surface area contributed by atoms with E-state index >= 15 is 0 Å². The first-order chi connectivity index (χ1) is 9.83. The van der Waals surface area contributed by atoms with Crippen LogP contribution in [0.15, 0.2) is 42.5 Å². The molecule has 2 aromatic rings. The van der Waals surface area contributed by atoms with E-state index in [2.05, 4.69) is 78.7 Å². The molecule has 1 aliphatic rings. The third-order valence-corrected chi connectivity index (χ3v) is 13.2. The predicted octanol–water partition coefficient (Wildman–Crippen LogP) is 6.21. The molecule has 2 aromatic carbocycles. The van der Waals surface area contributed by atoms with E-state index in [1.165, 1.54) is 22.8 Å². The summed E-state index contributed by atoms with van der Waals surface area (Å²) in [5.74, 6) is 0. The van der Waals surface area contributed by atoms with Crippen LogP contribution in [0.25, 0.3) is 16.8 Å². The van der Waals surface area contributed by atoms with Crippen molar-refractivity contribution in [2.24, 2.45) is 5.41 Å². The molecule has 0 aliphatic heterocycles. The quantitative estimate of drug-likeness (QED) is 0.484. The van der Waals surface area contributed by atoms with Crippen molar-refractivity contribution in [3.05, 3.63) is 53.6 Å². The van der Waals surface area contributed by atoms with Gasteiger partial charge >= 0.3 is 137 Å². The van der Waals surface area contributed by atoms with Gasteiger partial charge in [0.05, 0.1) is 0 Å². The van der Waals surface area contributed by atoms with Gasteiger partial charge in [-0.3, -0.25) is 0 Å². The molecule has 21 heavy (non-hydrogen) atoms. The third kappa shape index (κ3) is 2.59. The second-order valence-electron chi connectivity index (χ2n) is 7.79. The molecule has 1 aliphatic carbocycles. The molecule has 109 valence electrons. The monoisotopic (exact) mass is 445 g/mol. The van der Waals surface area contributed by atoms with E-state index in [1.807, 2.05) is 0 Å². The molecule has 0 saturated carbocycles. The molecule has 0 spiro atoms. The summed E-state index contributed by atoms with van der Waals surface area (Å²) in [5.41, 5.74) is 3.47. The average molecular weight is 444 g/mol. The van der Waals surface area contributed by atoms with Crippen LogP contribution in [0, 0.1) is 5.41 Å². The van der Waals surface area contributed by atoms with E-state index in [0.29, 0.717) is 8.59 Å². The predicted molar refractivity (Wildman–Crippen MR) is 90.5 cm³/mol. The minimum atomic E-state index is -1.68. The zero-order valence-corrected chi connectivity index (χ0v) is 17.4. The molecule has 1 atom stereocenters. The van der Waals surface area contributed by atoms with Gasteiger partial charge in [0.1, 0.15) is 0 Å². The topological polar surface area (TPSA) is 0 Å². The van der Waals surface area contributed by atoms with Gasteiger partial charge in [-0.1, -0.05) is 0 Å². The third-order valence-electron chi connectivity index (χ3n) is 4.66. The van der Waals surface area contributed by atoms with Gasteiger partial charge in [0, 0.05) is 0 Å². The second-order valence-corrected chi connectivity index (χ2v) is 18.2. The fourth-order valence-electron chi connectivity index (χ4n) is 3.82. The summed E-state index contributed by atoms with van der Waals surface area (Å²) in [5, 5.41) is 2.88. The molecule has 1 unspecified atom stereocenters. The van der Waals surface area contributed by atoms with Crippen molar-refractivity contribution in [1.29, 1.82) is 0 Å². The SMILES string of the molecule is [CH3][Hf]([CH3])[C]1(CC(C)(C)C)C=Cc2ccc3ccccc3c21. The van der Waals surface area contributed by atoms with E-state index in [-0.39, 0.29) is 0 Å². The van der Waals surface area contributed by atoms with Crippen LogP contribution in [-0.2, 0) is 24.6 Å². The van der Waals surface area contributed by atoms with Crippen molar-refractivity contribution in [2.45, 2.75) is 39.7 Å². The molecular weight excluding hydrogens is 419 g/mol. The Hall–Kier alpha value is -0.690. The maximum atomic E-state index is 2.58. The first-order valence-electron chi connectivity index (χ1n) is 7.86. The average Bonchev–Trinajstić information content (AvgIpc) is 2.77. The van der Waals surface area contributed by atoms with Crippen LogP contribution in [0.5, 0.6) is 0 Å². The van der Waals surface area contributed by atoms with Gasteiger partial charge in [-0.15, -0.1) is 0 Å². The molecule has 0 heterocycles. The summed E-state index contributed by atoms with van der Waals surface area (Å²) >= 11 is -1.68. The van der Waals surface area contributed by atoms with Crippen molar-refractivity contribution >= 4 is 16.8 Å². The summed E-state index contributed by atoms with van der Waals surface area (Å²) in [4.78, 5) is 0. The van der Waals surface area contributed by atoms with Gasteiger partial charge in [-0.25, -0.2) is 0 Å². The Labute approximate surface area is 136 Å². The van der Waals surface area contributed by atoms with Gasteiger partial charge in [-0.2, -0.15) is 0 Å². The standard InChI is InChI=1S/C18H19.2CH3.Hf/c1-18(2,3)12-15-11-10-14-9-8-13-6-4-5-7-16(13)17(14)15;;;/h4-11H,12H2,1-3H3;2*1H3;. The van der Waals surface area contributed by atoms with Crippen LogP contribution in [-0.4, -0.2) is 0 Å². The maximum absolute atomic E-state index is 2.58. The number of hydrogen-bond donors (Lipinski definition) is 0. The van der Waals surface area contributed by atoms with E-state index < -0.39 is 21.4 Å². The summed E-state index contributed by atoms with van der Waals surface area (Å²) in [6, 6.07) is 13.5. The summed E-state index contributed by atoms with van der Waals surface area (Å²) in [6.45, 7) is 7.17. The molecule has 0 nitrogen and oxygen atoms in total. The van der Waals surface area contributed by atoms with E-state index in [1.54, 1.807) is 5.56 Å². The van der Waals surface area contributed by atoms with Gasteiger partial charge in [-0.05, 0) is 0 Å². The Morgan fingerprint density at radius 3 is 2.38 bits per heavy atom. The van der Waals surface area contributed by atoms with E-state index in [0.717, 1.165) is 0 Å². The molecule has 0 saturated heterocycles. The van der Waals surface area contributed by atoms with Crippen molar-refractivity contribution in [1.82, 2.24) is 0 Å². The number of fused-ring (bicyclic) bond motifs is 3. The first-order valence-corrected chi connectivity index (χ1v) is 16.8. The van der Waals surface area contributed by atoms with Crippen LogP contribution in [0.2, 0.25) is 9.36 Å². The minimum absolute atomic E-state index is 0.366. The summed E-state index contributed by atoms with van der Waals surface area (Å²) < 4.78 is 5.54. The van der Waals surface area contributed by atoms with Crippen LogP contribution in [0.1, 0.15) is 38.3 Å². The Kier molecular flexibility index (Phi) is 3.76. The van der Waals surface area contributed by atoms with Crippen molar-refractivity contribution in [3.63, 3.8) is 0 Å². The zero-order chi connectivity index (χ0) is 15.3. The normalized spacial score (nSPS) is 20.8. The molecule has 0 aromatic heterocycles. The van der Waals surface area contributed by atoms with E-state index in [9.17, 15) is 0 Å². The van der Waals surface area contributed by atoms with Crippen molar-refractivity contribution in [3.8, 4) is 0 Å². The molecule has 0 N–H and O–H groups in total. The van der Waals surface area contributed by atoms with Gasteiger partial charge in [0.2, 0.25) is 0 Å². The molecule has 0 radical (unpaired) electrons. The molecule has 0 bridgehead atoms. The molecule has 0 fully saturated rings. The van der Waals surface area contributed by atoms with Crippen LogP contribution in [0.3, 0.4) is 0 Å². The molecule has 0 amide bonds. The molecule has 1 heteroatoms. The van der Waals surface area contributed by atoms with E-state index in [4.69, 9.17) is 0 Å². The first kappa shape index (κ1) is 15.2. The number of rotatable bonds is 2.